The average Bonchev–Trinajstić information content (AvgIpc) is 2.41. The molecule has 0 aliphatic carbocycles. The molecule has 2 aromatic rings. The van der Waals surface area contributed by atoms with Gasteiger partial charge in [-0.25, -0.2) is 4.98 Å². The molecule has 2 rings (SSSR count). The third-order valence-corrected chi connectivity index (χ3v) is 2.86. The van der Waals surface area contributed by atoms with Crippen LogP contribution in [0.1, 0.15) is 30.0 Å². The monoisotopic (exact) mass is 272 g/mol. The van der Waals surface area contributed by atoms with Crippen LogP contribution in [0.15, 0.2) is 47.5 Å². The number of pyridine rings is 1. The highest BCUT2D eigenvalue weighted by molar-refractivity contribution is 6.30. The second-order valence-corrected chi connectivity index (χ2v) is 4.57. The van der Waals surface area contributed by atoms with Gasteiger partial charge in [-0.2, -0.15) is 0 Å². The van der Waals surface area contributed by atoms with E-state index in [-0.39, 0.29) is 5.78 Å². The van der Waals surface area contributed by atoms with Gasteiger partial charge >= 0.3 is 0 Å². The lowest BCUT2D eigenvalue weighted by Gasteiger charge is -2.02. The van der Waals surface area contributed by atoms with Gasteiger partial charge in [-0.1, -0.05) is 17.7 Å². The van der Waals surface area contributed by atoms with Crippen molar-refractivity contribution in [3.8, 4) is 0 Å². The number of aliphatic imine (C=N–C) groups is 1. The van der Waals surface area contributed by atoms with E-state index < -0.39 is 0 Å². The maximum Gasteiger partial charge on any atom is 0.178 e. The minimum absolute atomic E-state index is 0.0545. The van der Waals surface area contributed by atoms with Gasteiger partial charge in [0.2, 0.25) is 0 Å². The number of hydrogen-bond donors (Lipinski definition) is 0. The number of rotatable bonds is 3. The van der Waals surface area contributed by atoms with Gasteiger partial charge in [0.15, 0.2) is 5.78 Å². The fraction of sp³-hybridized carbons (Fsp3) is 0.133. The molecule has 0 aliphatic heterocycles. The molecule has 1 heterocycles. The Labute approximate surface area is 117 Å². The molecule has 1 aromatic carbocycles. The average molecular weight is 273 g/mol. The summed E-state index contributed by atoms with van der Waals surface area (Å²) in [6.07, 6.45) is 0. The molecule has 0 N–H and O–H groups in total. The first-order chi connectivity index (χ1) is 9.06. The molecular weight excluding hydrogens is 260 g/mol. The van der Waals surface area contributed by atoms with E-state index in [0.29, 0.717) is 16.4 Å². The number of benzene rings is 1. The zero-order valence-corrected chi connectivity index (χ0v) is 11.5. The van der Waals surface area contributed by atoms with Crippen LogP contribution < -0.4 is 0 Å². The van der Waals surface area contributed by atoms with Crippen LogP contribution in [0.2, 0.25) is 5.02 Å². The smallest absolute Gasteiger partial charge is 0.178 e. The molecular formula is C15H13ClN2O. The predicted molar refractivity (Wildman–Crippen MR) is 77.6 cm³/mol. The van der Waals surface area contributed by atoms with Gasteiger partial charge in [0.05, 0.1) is 17.1 Å². The fourth-order valence-electron chi connectivity index (χ4n) is 1.60. The van der Waals surface area contributed by atoms with E-state index in [4.69, 9.17) is 11.6 Å². The van der Waals surface area contributed by atoms with Crippen LogP contribution in [-0.4, -0.2) is 16.5 Å². The van der Waals surface area contributed by atoms with E-state index in [0.717, 1.165) is 11.4 Å². The first-order valence-corrected chi connectivity index (χ1v) is 6.23. The third kappa shape index (κ3) is 3.48. The van der Waals surface area contributed by atoms with Gasteiger partial charge in [0.1, 0.15) is 5.69 Å². The highest BCUT2D eigenvalue weighted by Gasteiger charge is 2.04. The van der Waals surface area contributed by atoms with Crippen LogP contribution in [-0.2, 0) is 0 Å². The molecule has 0 radical (unpaired) electrons. The molecule has 0 bridgehead atoms. The molecule has 0 saturated heterocycles. The minimum Gasteiger partial charge on any atom is -0.293 e. The summed E-state index contributed by atoms with van der Waals surface area (Å²) in [6.45, 7) is 3.36. The first-order valence-electron chi connectivity index (χ1n) is 5.85. The van der Waals surface area contributed by atoms with E-state index in [1.807, 2.05) is 25.1 Å². The van der Waals surface area contributed by atoms with Crippen LogP contribution in [0.3, 0.4) is 0 Å². The highest BCUT2D eigenvalue weighted by atomic mass is 35.5. The Morgan fingerprint density at radius 2 is 1.68 bits per heavy atom. The van der Waals surface area contributed by atoms with Crippen LogP contribution in [0.4, 0.5) is 5.69 Å². The minimum atomic E-state index is -0.0545. The van der Waals surface area contributed by atoms with Crippen molar-refractivity contribution in [3.63, 3.8) is 0 Å². The van der Waals surface area contributed by atoms with Crippen molar-refractivity contribution >= 4 is 28.8 Å². The Kier molecular flexibility index (Phi) is 4.07. The fourth-order valence-corrected chi connectivity index (χ4v) is 1.72. The van der Waals surface area contributed by atoms with Crippen molar-refractivity contribution < 1.29 is 4.79 Å². The predicted octanol–water partition coefficient (Wildman–Crippen LogP) is 4.08. The van der Waals surface area contributed by atoms with Crippen LogP contribution in [0.5, 0.6) is 0 Å². The standard InChI is InChI=1S/C15H13ClN2O/c1-10(17-13-8-6-12(16)7-9-13)14-4-3-5-15(18-14)11(2)19/h3-9H,1-2H3/b17-10-. The Morgan fingerprint density at radius 1 is 1.05 bits per heavy atom. The molecule has 4 heteroatoms. The molecule has 1 aromatic heterocycles. The van der Waals surface area contributed by atoms with Gasteiger partial charge in [-0.15, -0.1) is 0 Å². The number of halogens is 1. The number of hydrogen-bond acceptors (Lipinski definition) is 3. The number of carbonyl (C=O) groups excluding carboxylic acids is 1. The summed E-state index contributed by atoms with van der Waals surface area (Å²) in [4.78, 5) is 20.0. The summed E-state index contributed by atoms with van der Waals surface area (Å²) in [5.74, 6) is -0.0545. The summed E-state index contributed by atoms with van der Waals surface area (Å²) in [7, 11) is 0. The topological polar surface area (TPSA) is 42.3 Å². The number of carbonyl (C=O) groups is 1. The van der Waals surface area contributed by atoms with Gasteiger partial charge in [0.25, 0.3) is 0 Å². The lowest BCUT2D eigenvalue weighted by molar-refractivity contribution is 0.101. The van der Waals surface area contributed by atoms with E-state index in [1.165, 1.54) is 6.92 Å². The lowest BCUT2D eigenvalue weighted by Crippen LogP contribution is -2.03. The van der Waals surface area contributed by atoms with Crippen LogP contribution >= 0.6 is 11.6 Å². The summed E-state index contributed by atoms with van der Waals surface area (Å²) in [5, 5.41) is 0.674. The molecule has 0 spiro atoms. The zero-order chi connectivity index (χ0) is 13.8. The quantitative estimate of drug-likeness (QED) is 0.624. The molecule has 0 unspecified atom stereocenters. The van der Waals surface area contributed by atoms with E-state index in [9.17, 15) is 4.79 Å². The van der Waals surface area contributed by atoms with Gasteiger partial charge in [0, 0.05) is 11.9 Å². The molecule has 19 heavy (non-hydrogen) atoms. The van der Waals surface area contributed by atoms with E-state index >= 15 is 0 Å². The molecule has 0 fully saturated rings. The number of nitrogens with zero attached hydrogens (tertiary/aromatic N) is 2. The van der Waals surface area contributed by atoms with Crippen molar-refractivity contribution in [2.24, 2.45) is 4.99 Å². The van der Waals surface area contributed by atoms with Gasteiger partial charge in [-0.05, 0) is 43.3 Å². The van der Waals surface area contributed by atoms with Gasteiger partial charge in [-0.3, -0.25) is 9.79 Å². The number of aromatic nitrogens is 1. The molecule has 0 saturated carbocycles. The molecule has 0 atom stereocenters. The molecule has 0 amide bonds. The highest BCUT2D eigenvalue weighted by Crippen LogP contribution is 2.17. The summed E-state index contributed by atoms with van der Waals surface area (Å²) < 4.78 is 0. The van der Waals surface area contributed by atoms with Gasteiger partial charge < -0.3 is 0 Å². The van der Waals surface area contributed by atoms with Crippen molar-refractivity contribution in [3.05, 3.63) is 58.9 Å². The molecule has 96 valence electrons. The van der Waals surface area contributed by atoms with Crippen LogP contribution in [0.25, 0.3) is 0 Å². The largest absolute Gasteiger partial charge is 0.293 e. The van der Waals surface area contributed by atoms with E-state index in [2.05, 4.69) is 9.98 Å². The van der Waals surface area contributed by atoms with Crippen molar-refractivity contribution in [1.82, 2.24) is 4.98 Å². The Bertz CT molecular complexity index is 633. The molecule has 3 nitrogen and oxygen atoms in total. The Hall–Kier alpha value is -2.00. The maximum atomic E-state index is 11.3. The first kappa shape index (κ1) is 13.4. The summed E-state index contributed by atoms with van der Waals surface area (Å²) in [6, 6.07) is 12.6. The number of Topliss-reactive ketones (excluding diaryl/α,β-unsaturated/α-hetero) is 1. The normalized spacial score (nSPS) is 11.4. The van der Waals surface area contributed by atoms with Crippen molar-refractivity contribution in [2.75, 3.05) is 0 Å². The maximum absolute atomic E-state index is 11.3. The Balaban J connectivity index is 2.33. The lowest BCUT2D eigenvalue weighted by atomic mass is 10.2. The zero-order valence-electron chi connectivity index (χ0n) is 10.7. The van der Waals surface area contributed by atoms with Crippen molar-refractivity contribution in [1.29, 1.82) is 0 Å². The third-order valence-electron chi connectivity index (χ3n) is 2.60. The molecule has 0 aliphatic rings. The summed E-state index contributed by atoms with van der Waals surface area (Å²) in [5.41, 5.74) is 2.70. The van der Waals surface area contributed by atoms with Crippen molar-refractivity contribution in [2.45, 2.75) is 13.8 Å². The second kappa shape index (κ2) is 5.76. The van der Waals surface area contributed by atoms with Crippen LogP contribution in [0, 0.1) is 0 Å². The summed E-state index contributed by atoms with van der Waals surface area (Å²) >= 11 is 5.82. The Morgan fingerprint density at radius 3 is 2.32 bits per heavy atom. The van der Waals surface area contributed by atoms with E-state index in [1.54, 1.807) is 24.3 Å². The SMILES string of the molecule is CC(=O)c1cccc(/C(C)=N\c2ccc(Cl)cc2)n1. The number of ketones is 1. The second-order valence-electron chi connectivity index (χ2n) is 4.14.